The Kier molecular flexibility index (Phi) is 2.77. The minimum Gasteiger partial charge on any atom is -0.481 e. The maximum atomic E-state index is 11.1. The van der Waals surface area contributed by atoms with E-state index in [4.69, 9.17) is 16.7 Å². The molecule has 2 N–H and O–H groups in total. The van der Waals surface area contributed by atoms with Crippen molar-refractivity contribution in [3.8, 4) is 0 Å². The van der Waals surface area contributed by atoms with Gasteiger partial charge in [0.2, 0.25) is 0 Å². The van der Waals surface area contributed by atoms with Crippen LogP contribution in [0.4, 0.5) is 0 Å². The van der Waals surface area contributed by atoms with Crippen LogP contribution in [-0.2, 0) is 4.79 Å². The Hall–Kier alpha value is -1.23. The number of halogens is 1. The lowest BCUT2D eigenvalue weighted by Gasteiger charge is -2.09. The van der Waals surface area contributed by atoms with Crippen LogP contribution in [0.1, 0.15) is 19.4 Å². The number of aliphatic carboxylic acids is 1. The Morgan fingerprint density at radius 2 is 2.46 bits per heavy atom. The number of nitrogens with one attached hydrogen (secondary N) is 1. The van der Waals surface area contributed by atoms with Crippen molar-refractivity contribution < 1.29 is 9.90 Å². The van der Waals surface area contributed by atoms with Crippen LogP contribution in [-0.4, -0.2) is 20.6 Å². The summed E-state index contributed by atoms with van der Waals surface area (Å²) in [6, 6.07) is -0.441. The van der Waals surface area contributed by atoms with Crippen LogP contribution in [0, 0.1) is 0 Å². The first kappa shape index (κ1) is 9.85. The van der Waals surface area contributed by atoms with Gasteiger partial charge in [-0.1, -0.05) is 11.6 Å². The Labute approximate surface area is 79.0 Å². The summed E-state index contributed by atoms with van der Waals surface area (Å²) >= 11 is 5.66. The molecule has 0 bridgehead atoms. The summed E-state index contributed by atoms with van der Waals surface area (Å²) in [4.78, 5) is 23.8. The number of carboxylic acids is 1. The van der Waals surface area contributed by atoms with E-state index in [9.17, 15) is 9.59 Å². The average molecular weight is 205 g/mol. The Bertz CT molecular complexity index is 368. The zero-order chi connectivity index (χ0) is 10.0. The maximum absolute atomic E-state index is 11.1. The predicted octanol–water partition coefficient (Wildman–Crippen LogP) is 0.865. The fourth-order valence-electron chi connectivity index (χ4n) is 1.11. The van der Waals surface area contributed by atoms with E-state index < -0.39 is 17.7 Å². The summed E-state index contributed by atoms with van der Waals surface area (Å²) < 4.78 is 1.20. The molecule has 1 rings (SSSR count). The van der Waals surface area contributed by atoms with Gasteiger partial charge < -0.3 is 10.1 Å². The van der Waals surface area contributed by atoms with Crippen LogP contribution in [0.5, 0.6) is 0 Å². The smallest absolute Gasteiger partial charge is 0.326 e. The van der Waals surface area contributed by atoms with Crippen LogP contribution in [0.15, 0.2) is 11.0 Å². The monoisotopic (exact) mass is 204 g/mol. The minimum absolute atomic E-state index is 0.128. The summed E-state index contributed by atoms with van der Waals surface area (Å²) in [6.07, 6.45) is 1.21. The number of nitrogens with zero attached hydrogens (tertiary/aromatic N) is 1. The van der Waals surface area contributed by atoms with Gasteiger partial charge in [0.05, 0.1) is 6.42 Å². The lowest BCUT2D eigenvalue weighted by atomic mass is 10.2. The number of rotatable bonds is 3. The van der Waals surface area contributed by atoms with E-state index in [1.807, 2.05) is 0 Å². The van der Waals surface area contributed by atoms with Crippen molar-refractivity contribution in [3.05, 3.63) is 21.8 Å². The Morgan fingerprint density at radius 1 is 1.85 bits per heavy atom. The number of H-pyrrole nitrogens is 1. The van der Waals surface area contributed by atoms with Crippen LogP contribution in [0.25, 0.3) is 0 Å². The van der Waals surface area contributed by atoms with E-state index in [-0.39, 0.29) is 11.6 Å². The molecule has 0 fully saturated rings. The number of aromatic amines is 1. The molecule has 1 aromatic rings. The molecule has 0 saturated carbocycles. The fraction of sp³-hybridized carbons (Fsp3) is 0.429. The summed E-state index contributed by atoms with van der Waals surface area (Å²) in [7, 11) is 0. The highest BCUT2D eigenvalue weighted by Crippen LogP contribution is 2.14. The molecule has 1 atom stereocenters. The Balaban J connectivity index is 2.94. The zero-order valence-electron chi connectivity index (χ0n) is 6.95. The lowest BCUT2D eigenvalue weighted by molar-refractivity contribution is -0.137. The van der Waals surface area contributed by atoms with Crippen molar-refractivity contribution in [1.82, 2.24) is 9.55 Å². The third-order valence-electron chi connectivity index (χ3n) is 1.67. The standard InChI is InChI=1S/C7H9ClN2O3/c1-4(2-6(11)12)10-5(8)3-9-7(10)13/h3-4H,2H2,1H3,(H,9,13)(H,11,12). The van der Waals surface area contributed by atoms with Gasteiger partial charge in [0.1, 0.15) is 5.15 Å². The molecule has 0 amide bonds. The second kappa shape index (κ2) is 3.66. The fourth-order valence-corrected chi connectivity index (χ4v) is 1.41. The topological polar surface area (TPSA) is 75.1 Å². The maximum Gasteiger partial charge on any atom is 0.326 e. The van der Waals surface area contributed by atoms with Gasteiger partial charge in [-0.3, -0.25) is 9.36 Å². The molecular formula is C7H9ClN2O3. The summed E-state index contributed by atoms with van der Waals surface area (Å²) in [5, 5.41) is 8.72. The first-order chi connectivity index (χ1) is 6.02. The van der Waals surface area contributed by atoms with E-state index in [0.29, 0.717) is 0 Å². The third-order valence-corrected chi connectivity index (χ3v) is 1.97. The van der Waals surface area contributed by atoms with E-state index in [0.717, 1.165) is 0 Å². The van der Waals surface area contributed by atoms with Gasteiger partial charge in [0, 0.05) is 12.2 Å². The second-order valence-electron chi connectivity index (χ2n) is 2.73. The molecule has 0 aromatic carbocycles. The molecule has 6 heteroatoms. The molecule has 0 aliphatic carbocycles. The number of carboxylic acid groups (broad SMARTS) is 1. The summed E-state index contributed by atoms with van der Waals surface area (Å²) in [5.74, 6) is -0.961. The SMILES string of the molecule is CC(CC(=O)O)n1c(Cl)c[nH]c1=O. The number of hydrogen-bond acceptors (Lipinski definition) is 2. The molecule has 0 saturated heterocycles. The van der Waals surface area contributed by atoms with Gasteiger partial charge in [-0.05, 0) is 6.92 Å². The minimum atomic E-state index is -0.961. The average Bonchev–Trinajstić information content (AvgIpc) is 2.29. The first-order valence-electron chi connectivity index (χ1n) is 3.69. The van der Waals surface area contributed by atoms with Crippen LogP contribution < -0.4 is 5.69 Å². The summed E-state index contributed by atoms with van der Waals surface area (Å²) in [6.45, 7) is 1.62. The van der Waals surface area contributed by atoms with Gasteiger partial charge >= 0.3 is 11.7 Å². The van der Waals surface area contributed by atoms with Crippen LogP contribution >= 0.6 is 11.6 Å². The molecular weight excluding hydrogens is 196 g/mol. The molecule has 0 radical (unpaired) electrons. The molecule has 1 heterocycles. The van der Waals surface area contributed by atoms with Crippen molar-refractivity contribution in [2.45, 2.75) is 19.4 Å². The van der Waals surface area contributed by atoms with Gasteiger partial charge in [-0.25, -0.2) is 4.79 Å². The molecule has 5 nitrogen and oxygen atoms in total. The summed E-state index contributed by atoms with van der Waals surface area (Å²) in [5.41, 5.74) is -0.390. The number of aromatic nitrogens is 2. The van der Waals surface area contributed by atoms with Gasteiger partial charge in [0.15, 0.2) is 0 Å². The molecule has 13 heavy (non-hydrogen) atoms. The highest BCUT2D eigenvalue weighted by molar-refractivity contribution is 6.29. The molecule has 0 aliphatic rings. The number of carbonyl (C=O) groups is 1. The van der Waals surface area contributed by atoms with E-state index in [2.05, 4.69) is 4.98 Å². The lowest BCUT2D eigenvalue weighted by Crippen LogP contribution is -2.22. The van der Waals surface area contributed by atoms with Crippen molar-refractivity contribution in [3.63, 3.8) is 0 Å². The quantitative estimate of drug-likeness (QED) is 0.767. The molecule has 1 aromatic heterocycles. The van der Waals surface area contributed by atoms with Crippen molar-refractivity contribution in [2.75, 3.05) is 0 Å². The Morgan fingerprint density at radius 3 is 2.85 bits per heavy atom. The van der Waals surface area contributed by atoms with Crippen molar-refractivity contribution in [2.24, 2.45) is 0 Å². The van der Waals surface area contributed by atoms with Crippen molar-refractivity contribution >= 4 is 17.6 Å². The normalized spacial score (nSPS) is 12.8. The van der Waals surface area contributed by atoms with Crippen molar-refractivity contribution in [1.29, 1.82) is 0 Å². The highest BCUT2D eigenvalue weighted by Gasteiger charge is 2.14. The third kappa shape index (κ3) is 2.12. The first-order valence-corrected chi connectivity index (χ1v) is 4.07. The zero-order valence-corrected chi connectivity index (χ0v) is 7.71. The second-order valence-corrected chi connectivity index (χ2v) is 3.12. The van der Waals surface area contributed by atoms with Gasteiger partial charge in [-0.2, -0.15) is 0 Å². The largest absolute Gasteiger partial charge is 0.481 e. The highest BCUT2D eigenvalue weighted by atomic mass is 35.5. The predicted molar refractivity (Wildman–Crippen MR) is 47.0 cm³/mol. The molecule has 1 unspecified atom stereocenters. The van der Waals surface area contributed by atoms with Gasteiger partial charge in [0.25, 0.3) is 0 Å². The van der Waals surface area contributed by atoms with E-state index in [1.54, 1.807) is 6.92 Å². The number of hydrogen-bond donors (Lipinski definition) is 2. The molecule has 72 valence electrons. The molecule has 0 aliphatic heterocycles. The van der Waals surface area contributed by atoms with Crippen LogP contribution in [0.3, 0.4) is 0 Å². The number of imidazole rings is 1. The van der Waals surface area contributed by atoms with E-state index in [1.165, 1.54) is 10.8 Å². The molecule has 0 spiro atoms. The van der Waals surface area contributed by atoms with Gasteiger partial charge in [-0.15, -0.1) is 0 Å². The van der Waals surface area contributed by atoms with E-state index >= 15 is 0 Å². The van der Waals surface area contributed by atoms with Crippen LogP contribution in [0.2, 0.25) is 5.15 Å².